The number of pyridine rings is 1. The maximum Gasteiger partial charge on any atom is 0.150 e. The van der Waals surface area contributed by atoms with E-state index in [1.807, 2.05) is 49.5 Å². The second kappa shape index (κ2) is 5.11. The van der Waals surface area contributed by atoms with Gasteiger partial charge in [0, 0.05) is 6.20 Å². The Morgan fingerprint density at radius 3 is 2.80 bits per heavy atom. The van der Waals surface area contributed by atoms with Crippen molar-refractivity contribution in [2.75, 3.05) is 24.2 Å². The summed E-state index contributed by atoms with van der Waals surface area (Å²) in [7, 11) is 1.91. The minimum absolute atomic E-state index is 0.198. The van der Waals surface area contributed by atoms with Gasteiger partial charge in [0.25, 0.3) is 0 Å². The standard InChI is InChI=1S/C15H19N5/c1-17-15(13(16)11-6-3-2-4-7-11)10-19-12-8-5-9-18-14(12)20-15/h2-9,13,17,19H,10,16H2,1H3,(H,18,20). The van der Waals surface area contributed by atoms with Gasteiger partial charge in [-0.05, 0) is 24.7 Å². The smallest absolute Gasteiger partial charge is 0.150 e. The minimum Gasteiger partial charge on any atom is -0.378 e. The van der Waals surface area contributed by atoms with E-state index in [4.69, 9.17) is 5.73 Å². The van der Waals surface area contributed by atoms with Crippen LogP contribution in [0.5, 0.6) is 0 Å². The highest BCUT2D eigenvalue weighted by molar-refractivity contribution is 5.68. The summed E-state index contributed by atoms with van der Waals surface area (Å²) in [5.74, 6) is 0.819. The number of aromatic nitrogens is 1. The molecule has 0 spiro atoms. The Labute approximate surface area is 118 Å². The Balaban J connectivity index is 1.94. The Kier molecular flexibility index (Phi) is 3.30. The number of likely N-dealkylation sites (N-methyl/N-ethyl adjacent to an activating group) is 1. The lowest BCUT2D eigenvalue weighted by Gasteiger charge is -2.43. The van der Waals surface area contributed by atoms with Crippen molar-refractivity contribution in [3.63, 3.8) is 0 Å². The molecule has 1 aromatic carbocycles. The van der Waals surface area contributed by atoms with Gasteiger partial charge < -0.3 is 16.4 Å². The van der Waals surface area contributed by atoms with E-state index < -0.39 is 5.66 Å². The average Bonchev–Trinajstić information content (AvgIpc) is 2.54. The van der Waals surface area contributed by atoms with Crippen LogP contribution in [0.15, 0.2) is 48.7 Å². The molecule has 2 heterocycles. The molecule has 3 rings (SSSR count). The van der Waals surface area contributed by atoms with Crippen LogP contribution in [0.25, 0.3) is 0 Å². The number of hydrogen-bond donors (Lipinski definition) is 4. The number of rotatable bonds is 3. The van der Waals surface area contributed by atoms with E-state index >= 15 is 0 Å². The van der Waals surface area contributed by atoms with Crippen molar-refractivity contribution in [2.45, 2.75) is 11.7 Å². The summed E-state index contributed by atoms with van der Waals surface area (Å²) in [6.45, 7) is 0.679. The molecule has 1 aliphatic rings. The molecule has 0 aliphatic carbocycles. The second-order valence-electron chi connectivity index (χ2n) is 4.99. The van der Waals surface area contributed by atoms with E-state index in [0.29, 0.717) is 6.54 Å². The molecule has 0 radical (unpaired) electrons. The van der Waals surface area contributed by atoms with Crippen molar-refractivity contribution < 1.29 is 0 Å². The molecule has 1 aliphatic heterocycles. The molecule has 0 saturated heterocycles. The molecule has 0 saturated carbocycles. The number of nitrogens with zero attached hydrogens (tertiary/aromatic N) is 1. The van der Waals surface area contributed by atoms with E-state index in [0.717, 1.165) is 17.1 Å². The van der Waals surface area contributed by atoms with E-state index in [-0.39, 0.29) is 6.04 Å². The Morgan fingerprint density at radius 1 is 1.25 bits per heavy atom. The first-order valence-electron chi connectivity index (χ1n) is 6.72. The van der Waals surface area contributed by atoms with Crippen LogP contribution in [0.1, 0.15) is 11.6 Å². The fourth-order valence-electron chi connectivity index (χ4n) is 2.58. The monoisotopic (exact) mass is 269 g/mol. The Hall–Kier alpha value is -2.11. The number of anilines is 2. The molecule has 0 bridgehead atoms. The van der Waals surface area contributed by atoms with E-state index in [1.165, 1.54) is 0 Å². The minimum atomic E-state index is -0.470. The molecule has 20 heavy (non-hydrogen) atoms. The van der Waals surface area contributed by atoms with Crippen molar-refractivity contribution in [3.05, 3.63) is 54.2 Å². The lowest BCUT2D eigenvalue weighted by atomic mass is 9.92. The molecule has 5 N–H and O–H groups in total. The van der Waals surface area contributed by atoms with Crippen LogP contribution in [-0.2, 0) is 0 Å². The second-order valence-corrected chi connectivity index (χ2v) is 4.99. The topological polar surface area (TPSA) is 75.0 Å². The molecule has 0 fully saturated rings. The highest BCUT2D eigenvalue weighted by Crippen LogP contribution is 2.32. The summed E-state index contributed by atoms with van der Waals surface area (Å²) >= 11 is 0. The first-order valence-corrected chi connectivity index (χ1v) is 6.72. The largest absolute Gasteiger partial charge is 0.378 e. The van der Waals surface area contributed by atoms with Gasteiger partial charge in [0.1, 0.15) is 5.66 Å². The third kappa shape index (κ3) is 2.11. The summed E-state index contributed by atoms with van der Waals surface area (Å²) in [6.07, 6.45) is 1.77. The highest BCUT2D eigenvalue weighted by Gasteiger charge is 2.39. The van der Waals surface area contributed by atoms with Crippen molar-refractivity contribution in [3.8, 4) is 0 Å². The van der Waals surface area contributed by atoms with Crippen LogP contribution in [0.3, 0.4) is 0 Å². The number of nitrogens with two attached hydrogens (primary N) is 1. The molecule has 5 nitrogen and oxygen atoms in total. The predicted molar refractivity (Wildman–Crippen MR) is 81.5 cm³/mol. The van der Waals surface area contributed by atoms with E-state index in [2.05, 4.69) is 20.9 Å². The maximum absolute atomic E-state index is 6.48. The van der Waals surface area contributed by atoms with Crippen LogP contribution in [-0.4, -0.2) is 24.2 Å². The van der Waals surface area contributed by atoms with Gasteiger partial charge in [-0.25, -0.2) is 4.98 Å². The van der Waals surface area contributed by atoms with Crippen molar-refractivity contribution >= 4 is 11.5 Å². The maximum atomic E-state index is 6.48. The summed E-state index contributed by atoms with van der Waals surface area (Å²) in [4.78, 5) is 4.37. The van der Waals surface area contributed by atoms with Crippen molar-refractivity contribution in [1.29, 1.82) is 0 Å². The first-order chi connectivity index (χ1) is 9.75. The quantitative estimate of drug-likeness (QED) is 0.680. The van der Waals surface area contributed by atoms with Crippen LogP contribution in [0, 0.1) is 0 Å². The Morgan fingerprint density at radius 2 is 2.05 bits per heavy atom. The van der Waals surface area contributed by atoms with Crippen LogP contribution in [0.2, 0.25) is 0 Å². The molecule has 0 amide bonds. The lowest BCUT2D eigenvalue weighted by Crippen LogP contribution is -2.63. The number of nitrogens with one attached hydrogen (secondary N) is 3. The normalized spacial score (nSPS) is 22.3. The SMILES string of the molecule is CNC1(C(N)c2ccccc2)CNc2cccnc2N1. The average molecular weight is 269 g/mol. The summed E-state index contributed by atoms with van der Waals surface area (Å²) in [6, 6.07) is 13.8. The molecule has 5 heteroatoms. The Bertz CT molecular complexity index is 586. The first kappa shape index (κ1) is 12.9. The van der Waals surface area contributed by atoms with Gasteiger partial charge in [0.05, 0.1) is 18.3 Å². The molecule has 2 aromatic rings. The zero-order chi connectivity index (χ0) is 14.0. The lowest BCUT2D eigenvalue weighted by molar-refractivity contribution is 0.341. The van der Waals surface area contributed by atoms with Gasteiger partial charge in [-0.15, -0.1) is 0 Å². The zero-order valence-corrected chi connectivity index (χ0v) is 11.4. The van der Waals surface area contributed by atoms with Gasteiger partial charge in [-0.3, -0.25) is 5.32 Å². The van der Waals surface area contributed by atoms with Crippen molar-refractivity contribution in [1.82, 2.24) is 10.3 Å². The molecular formula is C15H19N5. The zero-order valence-electron chi connectivity index (χ0n) is 11.4. The number of fused-ring (bicyclic) bond motifs is 1. The fraction of sp³-hybridized carbons (Fsp3) is 0.267. The molecular weight excluding hydrogens is 250 g/mol. The van der Waals surface area contributed by atoms with Crippen LogP contribution in [0.4, 0.5) is 11.5 Å². The molecule has 1 aromatic heterocycles. The number of hydrogen-bond acceptors (Lipinski definition) is 5. The van der Waals surface area contributed by atoms with E-state index in [9.17, 15) is 0 Å². The van der Waals surface area contributed by atoms with Gasteiger partial charge in [-0.2, -0.15) is 0 Å². The predicted octanol–water partition coefficient (Wildman–Crippen LogP) is 1.53. The van der Waals surface area contributed by atoms with E-state index in [1.54, 1.807) is 6.20 Å². The fourth-order valence-corrected chi connectivity index (χ4v) is 2.58. The van der Waals surface area contributed by atoms with Crippen LogP contribution < -0.4 is 21.7 Å². The third-order valence-electron chi connectivity index (χ3n) is 3.84. The molecule has 2 atom stereocenters. The van der Waals surface area contributed by atoms with Gasteiger partial charge in [0.15, 0.2) is 5.82 Å². The van der Waals surface area contributed by atoms with Gasteiger partial charge in [0.2, 0.25) is 0 Å². The summed E-state index contributed by atoms with van der Waals surface area (Å²) < 4.78 is 0. The molecule has 104 valence electrons. The van der Waals surface area contributed by atoms with Crippen LogP contribution >= 0.6 is 0 Å². The van der Waals surface area contributed by atoms with Gasteiger partial charge in [-0.1, -0.05) is 30.3 Å². The summed E-state index contributed by atoms with van der Waals surface area (Å²) in [5.41, 5.74) is 8.09. The van der Waals surface area contributed by atoms with Crippen molar-refractivity contribution in [2.24, 2.45) is 5.73 Å². The third-order valence-corrected chi connectivity index (χ3v) is 3.84. The summed E-state index contributed by atoms with van der Waals surface area (Å²) in [5, 5.41) is 10.2. The number of benzene rings is 1. The van der Waals surface area contributed by atoms with Gasteiger partial charge >= 0.3 is 0 Å². The highest BCUT2D eigenvalue weighted by atomic mass is 15.3. The molecule has 2 unspecified atom stereocenters.